The van der Waals surface area contributed by atoms with Crippen molar-refractivity contribution in [3.63, 3.8) is 0 Å². The summed E-state index contributed by atoms with van der Waals surface area (Å²) >= 11 is 12.1. The van der Waals surface area contributed by atoms with E-state index in [0.29, 0.717) is 22.0 Å². The van der Waals surface area contributed by atoms with Gasteiger partial charge in [0.05, 0.1) is 9.95 Å². The van der Waals surface area contributed by atoms with Gasteiger partial charge in [-0.1, -0.05) is 29.3 Å². The van der Waals surface area contributed by atoms with Gasteiger partial charge in [0.2, 0.25) is 0 Å². The maximum atomic E-state index is 12.5. The molecule has 0 fully saturated rings. The van der Waals surface area contributed by atoms with Crippen molar-refractivity contribution in [2.45, 2.75) is 6.92 Å². The molecule has 2 aromatic carbocycles. The SMILES string of the molecule is Cc1ccc(Cl)cc1NC(=O)/C(C#N)=C/c1ccc(-c2ccc([N+](=O)[O-])cc2Cl)o1. The molecule has 30 heavy (non-hydrogen) atoms. The lowest BCUT2D eigenvalue weighted by Crippen LogP contribution is -2.14. The zero-order chi connectivity index (χ0) is 21.8. The number of hydrogen-bond acceptors (Lipinski definition) is 5. The normalized spacial score (nSPS) is 11.1. The van der Waals surface area contributed by atoms with Crippen molar-refractivity contribution in [2.75, 3.05) is 5.32 Å². The first-order valence-electron chi connectivity index (χ1n) is 8.52. The molecule has 9 heteroatoms. The molecule has 0 radical (unpaired) electrons. The van der Waals surface area contributed by atoms with E-state index in [2.05, 4.69) is 5.32 Å². The Morgan fingerprint density at radius 1 is 1.20 bits per heavy atom. The van der Waals surface area contributed by atoms with Crippen LogP contribution in [0.3, 0.4) is 0 Å². The molecule has 0 aliphatic rings. The summed E-state index contributed by atoms with van der Waals surface area (Å²) in [5.74, 6) is -0.0346. The summed E-state index contributed by atoms with van der Waals surface area (Å²) in [5.41, 5.74) is 1.41. The van der Waals surface area contributed by atoms with E-state index in [4.69, 9.17) is 27.6 Å². The van der Waals surface area contributed by atoms with Crippen LogP contribution in [0.15, 0.2) is 58.5 Å². The minimum atomic E-state index is -0.616. The van der Waals surface area contributed by atoms with Crippen LogP contribution in [0, 0.1) is 28.4 Å². The fourth-order valence-corrected chi connectivity index (χ4v) is 3.04. The van der Waals surface area contributed by atoms with Gasteiger partial charge in [-0.3, -0.25) is 14.9 Å². The molecule has 3 rings (SSSR count). The average molecular weight is 442 g/mol. The molecule has 1 N–H and O–H groups in total. The van der Waals surface area contributed by atoms with Gasteiger partial charge < -0.3 is 9.73 Å². The lowest BCUT2D eigenvalue weighted by atomic mass is 10.1. The van der Waals surface area contributed by atoms with Crippen LogP contribution in [-0.4, -0.2) is 10.8 Å². The molecular formula is C21H13Cl2N3O4. The number of benzene rings is 2. The smallest absolute Gasteiger partial charge is 0.270 e. The number of carbonyl (C=O) groups excluding carboxylic acids is 1. The molecule has 0 unspecified atom stereocenters. The lowest BCUT2D eigenvalue weighted by Gasteiger charge is -2.08. The molecule has 150 valence electrons. The highest BCUT2D eigenvalue weighted by molar-refractivity contribution is 6.33. The molecule has 0 aliphatic heterocycles. The molecule has 1 aromatic heterocycles. The highest BCUT2D eigenvalue weighted by atomic mass is 35.5. The average Bonchev–Trinajstić information content (AvgIpc) is 3.17. The predicted octanol–water partition coefficient (Wildman–Crippen LogP) is 6.02. The van der Waals surface area contributed by atoms with Crippen LogP contribution in [0.4, 0.5) is 11.4 Å². The molecule has 0 aliphatic carbocycles. The van der Waals surface area contributed by atoms with Crippen molar-refractivity contribution < 1.29 is 14.1 Å². The zero-order valence-corrected chi connectivity index (χ0v) is 17.0. The number of hydrogen-bond donors (Lipinski definition) is 1. The van der Waals surface area contributed by atoms with Crippen LogP contribution < -0.4 is 5.32 Å². The van der Waals surface area contributed by atoms with Crippen molar-refractivity contribution >= 4 is 46.6 Å². The number of nitro benzene ring substituents is 1. The first-order chi connectivity index (χ1) is 14.3. The summed E-state index contributed by atoms with van der Waals surface area (Å²) in [6.45, 7) is 1.80. The summed E-state index contributed by atoms with van der Waals surface area (Å²) in [6.07, 6.45) is 1.29. The van der Waals surface area contributed by atoms with Gasteiger partial charge in [-0.05, 0) is 42.8 Å². The third-order valence-electron chi connectivity index (χ3n) is 4.16. The summed E-state index contributed by atoms with van der Waals surface area (Å²) in [7, 11) is 0. The van der Waals surface area contributed by atoms with E-state index in [-0.39, 0.29) is 22.0 Å². The number of amides is 1. The number of anilines is 1. The summed E-state index contributed by atoms with van der Waals surface area (Å²) < 4.78 is 5.64. The topological polar surface area (TPSA) is 109 Å². The van der Waals surface area contributed by atoms with E-state index in [1.165, 1.54) is 24.3 Å². The second-order valence-electron chi connectivity index (χ2n) is 6.21. The molecule has 0 bridgehead atoms. The van der Waals surface area contributed by atoms with Gasteiger partial charge in [0.1, 0.15) is 23.2 Å². The third kappa shape index (κ3) is 4.69. The number of carbonyl (C=O) groups is 1. The Labute approximate surface area is 181 Å². The van der Waals surface area contributed by atoms with Crippen LogP contribution in [0.2, 0.25) is 10.0 Å². The predicted molar refractivity (Wildman–Crippen MR) is 114 cm³/mol. The molecule has 1 amide bonds. The maximum absolute atomic E-state index is 12.5. The van der Waals surface area contributed by atoms with Gasteiger partial charge in [0.15, 0.2) is 0 Å². The van der Waals surface area contributed by atoms with Crippen molar-refractivity contribution in [3.05, 3.63) is 85.6 Å². The third-order valence-corrected chi connectivity index (χ3v) is 4.70. The molecule has 1 heterocycles. The Kier molecular flexibility index (Phi) is 6.21. The van der Waals surface area contributed by atoms with E-state index >= 15 is 0 Å². The molecule has 3 aromatic rings. The first kappa shape index (κ1) is 21.1. The molecular weight excluding hydrogens is 429 g/mol. The summed E-state index contributed by atoms with van der Waals surface area (Å²) in [6, 6.07) is 14.0. The number of rotatable bonds is 5. The van der Waals surface area contributed by atoms with Crippen LogP contribution in [0.5, 0.6) is 0 Å². The van der Waals surface area contributed by atoms with Gasteiger partial charge >= 0.3 is 0 Å². The van der Waals surface area contributed by atoms with E-state index in [9.17, 15) is 20.2 Å². The van der Waals surface area contributed by atoms with Crippen LogP contribution in [0.25, 0.3) is 17.4 Å². The molecule has 7 nitrogen and oxygen atoms in total. The number of halogens is 2. The van der Waals surface area contributed by atoms with E-state index in [1.54, 1.807) is 37.3 Å². The van der Waals surface area contributed by atoms with E-state index in [0.717, 1.165) is 5.56 Å². The Hall–Kier alpha value is -3.60. The fourth-order valence-electron chi connectivity index (χ4n) is 2.60. The Bertz CT molecular complexity index is 1230. The van der Waals surface area contributed by atoms with E-state index < -0.39 is 10.8 Å². The quantitative estimate of drug-likeness (QED) is 0.225. The maximum Gasteiger partial charge on any atom is 0.270 e. The molecule has 0 saturated carbocycles. The number of furan rings is 1. The van der Waals surface area contributed by atoms with Crippen LogP contribution in [-0.2, 0) is 4.79 Å². The Morgan fingerprint density at radius 2 is 1.97 bits per heavy atom. The second-order valence-corrected chi connectivity index (χ2v) is 7.05. The van der Waals surface area contributed by atoms with Crippen LogP contribution in [0.1, 0.15) is 11.3 Å². The lowest BCUT2D eigenvalue weighted by molar-refractivity contribution is -0.384. The highest BCUT2D eigenvalue weighted by Gasteiger charge is 2.15. The highest BCUT2D eigenvalue weighted by Crippen LogP contribution is 2.32. The van der Waals surface area contributed by atoms with Crippen molar-refractivity contribution in [1.29, 1.82) is 5.26 Å². The number of nitrogens with zero attached hydrogens (tertiary/aromatic N) is 2. The minimum absolute atomic E-state index is 0.142. The van der Waals surface area contributed by atoms with Gasteiger partial charge in [-0.15, -0.1) is 0 Å². The molecule has 0 spiro atoms. The van der Waals surface area contributed by atoms with Crippen molar-refractivity contribution in [2.24, 2.45) is 0 Å². The number of aryl methyl sites for hydroxylation is 1. The summed E-state index contributed by atoms with van der Waals surface area (Å²) in [5, 5.41) is 23.5. The van der Waals surface area contributed by atoms with Gasteiger partial charge in [-0.2, -0.15) is 5.26 Å². The van der Waals surface area contributed by atoms with Gasteiger partial charge in [0, 0.05) is 34.5 Å². The zero-order valence-electron chi connectivity index (χ0n) is 15.5. The Morgan fingerprint density at radius 3 is 2.63 bits per heavy atom. The standard InChI is InChI=1S/C21H13Cl2N3O4/c1-12-2-3-14(22)9-19(12)25-21(27)13(11-24)8-16-5-7-20(30-16)17-6-4-15(26(28)29)10-18(17)23/h2-10H,1H3,(H,25,27)/b13-8+. The minimum Gasteiger partial charge on any atom is -0.457 e. The second kappa shape index (κ2) is 8.82. The fraction of sp³-hybridized carbons (Fsp3) is 0.0476. The van der Waals surface area contributed by atoms with Crippen LogP contribution >= 0.6 is 23.2 Å². The molecule has 0 saturated heterocycles. The first-order valence-corrected chi connectivity index (χ1v) is 9.27. The van der Waals surface area contributed by atoms with E-state index in [1.807, 2.05) is 6.07 Å². The monoisotopic (exact) mass is 441 g/mol. The molecule has 0 atom stereocenters. The van der Waals surface area contributed by atoms with Crippen molar-refractivity contribution in [3.8, 4) is 17.4 Å². The van der Waals surface area contributed by atoms with Crippen molar-refractivity contribution in [1.82, 2.24) is 0 Å². The van der Waals surface area contributed by atoms with Gasteiger partial charge in [0.25, 0.3) is 11.6 Å². The van der Waals surface area contributed by atoms with Gasteiger partial charge in [-0.25, -0.2) is 0 Å². The number of non-ortho nitro benzene ring substituents is 1. The largest absolute Gasteiger partial charge is 0.457 e. The number of nitro groups is 1. The number of nitrogens with one attached hydrogen (secondary N) is 1. The summed E-state index contributed by atoms with van der Waals surface area (Å²) in [4.78, 5) is 22.8. The Balaban J connectivity index is 1.85. The number of nitriles is 1.